The minimum absolute atomic E-state index is 0.843. The molecule has 96 valence electrons. The van der Waals surface area contributed by atoms with E-state index in [0.29, 0.717) is 0 Å². The highest BCUT2D eigenvalue weighted by molar-refractivity contribution is 7.98. The van der Waals surface area contributed by atoms with Gasteiger partial charge >= 0.3 is 0 Å². The van der Waals surface area contributed by atoms with E-state index in [9.17, 15) is 0 Å². The zero-order valence-electron chi connectivity index (χ0n) is 10.7. The molecule has 0 aliphatic rings. The molecule has 0 spiro atoms. The smallest absolute Gasteiger partial charge is 0.118 e. The molecule has 0 saturated heterocycles. The van der Waals surface area contributed by atoms with Crippen LogP contribution in [0.4, 0.5) is 0 Å². The number of thioether (sulfide) groups is 1. The lowest BCUT2D eigenvalue weighted by molar-refractivity contribution is 0.414. The van der Waals surface area contributed by atoms with Crippen LogP contribution in [0.3, 0.4) is 0 Å². The summed E-state index contributed by atoms with van der Waals surface area (Å²) in [6.45, 7) is 3.06. The van der Waals surface area contributed by atoms with Crippen molar-refractivity contribution in [3.63, 3.8) is 0 Å². The number of benzene rings is 1. The Labute approximate surface area is 111 Å². The first-order valence-electron chi connectivity index (χ1n) is 5.97. The van der Waals surface area contributed by atoms with Gasteiger partial charge in [-0.3, -0.25) is 4.68 Å². The summed E-state index contributed by atoms with van der Waals surface area (Å²) in [5, 5.41) is 8.23. The molecule has 1 aromatic heterocycles. The molecule has 1 heterocycles. The summed E-state index contributed by atoms with van der Waals surface area (Å²) in [5.74, 6) is 1.73. The Morgan fingerprint density at radius 3 is 2.72 bits per heavy atom. The highest BCUT2D eigenvalue weighted by Gasteiger charge is 2.02. The molecule has 0 bridgehead atoms. The zero-order valence-corrected chi connectivity index (χ0v) is 11.5. The lowest BCUT2D eigenvalue weighted by Crippen LogP contribution is -1.96. The average molecular weight is 263 g/mol. The number of aromatic nitrogens is 3. The van der Waals surface area contributed by atoms with Crippen molar-refractivity contribution in [2.24, 2.45) is 0 Å². The summed E-state index contributed by atoms with van der Waals surface area (Å²) in [6, 6.07) is 8.05. The van der Waals surface area contributed by atoms with Crippen molar-refractivity contribution >= 4 is 11.8 Å². The first-order chi connectivity index (χ1) is 8.81. The minimum Gasteiger partial charge on any atom is -0.497 e. The van der Waals surface area contributed by atoms with Crippen LogP contribution in [-0.2, 0) is 12.3 Å². The molecule has 2 aromatic rings. The van der Waals surface area contributed by atoms with Gasteiger partial charge in [-0.25, -0.2) is 0 Å². The number of ether oxygens (including phenoxy) is 1. The summed E-state index contributed by atoms with van der Waals surface area (Å²) >= 11 is 1.75. The van der Waals surface area contributed by atoms with Crippen LogP contribution in [-0.4, -0.2) is 22.1 Å². The molecule has 18 heavy (non-hydrogen) atoms. The summed E-state index contributed by atoms with van der Waals surface area (Å²) in [6.07, 6.45) is 3.09. The topological polar surface area (TPSA) is 39.9 Å². The SMILES string of the molecule is CCCn1cc(CSc2ccc(OC)cc2)nn1. The van der Waals surface area contributed by atoms with Gasteiger partial charge in [0.25, 0.3) is 0 Å². The second-order valence-electron chi connectivity index (χ2n) is 3.94. The monoisotopic (exact) mass is 263 g/mol. The fourth-order valence-electron chi connectivity index (χ4n) is 1.57. The Bertz CT molecular complexity index is 481. The van der Waals surface area contributed by atoms with Gasteiger partial charge in [-0.1, -0.05) is 12.1 Å². The number of nitrogens with zero attached hydrogens (tertiary/aromatic N) is 3. The third kappa shape index (κ3) is 3.50. The van der Waals surface area contributed by atoms with Gasteiger partial charge < -0.3 is 4.74 Å². The molecule has 0 aliphatic heterocycles. The molecule has 0 amide bonds. The Morgan fingerprint density at radius 1 is 1.28 bits per heavy atom. The van der Waals surface area contributed by atoms with Crippen molar-refractivity contribution < 1.29 is 4.74 Å². The van der Waals surface area contributed by atoms with E-state index < -0.39 is 0 Å². The van der Waals surface area contributed by atoms with Crippen LogP contribution in [0.25, 0.3) is 0 Å². The van der Waals surface area contributed by atoms with Gasteiger partial charge in [-0.05, 0) is 30.7 Å². The lowest BCUT2D eigenvalue weighted by atomic mass is 10.3. The Hall–Kier alpha value is -1.49. The highest BCUT2D eigenvalue weighted by Crippen LogP contribution is 2.23. The predicted octanol–water partition coefficient (Wildman–Crippen LogP) is 2.99. The molecule has 4 nitrogen and oxygen atoms in total. The zero-order chi connectivity index (χ0) is 12.8. The number of hydrogen-bond acceptors (Lipinski definition) is 4. The Morgan fingerprint density at radius 2 is 2.06 bits per heavy atom. The van der Waals surface area contributed by atoms with E-state index in [1.54, 1.807) is 18.9 Å². The van der Waals surface area contributed by atoms with Crippen LogP contribution in [0.15, 0.2) is 35.4 Å². The van der Waals surface area contributed by atoms with Gasteiger partial charge in [0.1, 0.15) is 5.75 Å². The van der Waals surface area contributed by atoms with Crippen molar-refractivity contribution in [3.8, 4) is 5.75 Å². The second kappa shape index (κ2) is 6.44. The third-order valence-corrected chi connectivity index (χ3v) is 3.53. The van der Waals surface area contributed by atoms with Gasteiger partial charge in [0.2, 0.25) is 0 Å². The fraction of sp³-hybridized carbons (Fsp3) is 0.385. The molecule has 0 fully saturated rings. The maximum Gasteiger partial charge on any atom is 0.118 e. The fourth-order valence-corrected chi connectivity index (χ4v) is 2.35. The third-order valence-electron chi connectivity index (χ3n) is 2.48. The van der Waals surface area contributed by atoms with E-state index in [1.165, 1.54) is 4.90 Å². The van der Waals surface area contributed by atoms with Crippen LogP contribution in [0, 0.1) is 0 Å². The van der Waals surface area contributed by atoms with Crippen LogP contribution < -0.4 is 4.74 Å². The molecular weight excluding hydrogens is 246 g/mol. The largest absolute Gasteiger partial charge is 0.497 e. The Kier molecular flexibility index (Phi) is 4.64. The number of methoxy groups -OCH3 is 1. The van der Waals surface area contributed by atoms with E-state index in [2.05, 4.69) is 29.4 Å². The maximum absolute atomic E-state index is 5.13. The molecule has 2 rings (SSSR count). The van der Waals surface area contributed by atoms with Gasteiger partial charge in [-0.15, -0.1) is 16.9 Å². The number of rotatable bonds is 6. The molecule has 1 aromatic carbocycles. The average Bonchev–Trinajstić information content (AvgIpc) is 2.85. The van der Waals surface area contributed by atoms with E-state index >= 15 is 0 Å². The maximum atomic E-state index is 5.13. The lowest BCUT2D eigenvalue weighted by Gasteiger charge is -2.01. The van der Waals surface area contributed by atoms with Crippen LogP contribution in [0.2, 0.25) is 0 Å². The molecule has 0 radical (unpaired) electrons. The van der Waals surface area contributed by atoms with Crippen LogP contribution in [0.1, 0.15) is 19.0 Å². The van der Waals surface area contributed by atoms with Crippen molar-refractivity contribution in [2.75, 3.05) is 7.11 Å². The quantitative estimate of drug-likeness (QED) is 0.751. The first-order valence-corrected chi connectivity index (χ1v) is 6.96. The highest BCUT2D eigenvalue weighted by atomic mass is 32.2. The number of hydrogen-bond donors (Lipinski definition) is 0. The molecule has 0 atom stereocenters. The normalized spacial score (nSPS) is 10.6. The van der Waals surface area contributed by atoms with Gasteiger partial charge in [0, 0.05) is 23.4 Å². The van der Waals surface area contributed by atoms with Gasteiger partial charge in [0.05, 0.1) is 12.8 Å². The Balaban J connectivity index is 1.89. The van der Waals surface area contributed by atoms with E-state index in [4.69, 9.17) is 4.74 Å². The minimum atomic E-state index is 0.843. The summed E-state index contributed by atoms with van der Waals surface area (Å²) < 4.78 is 7.02. The standard InChI is InChI=1S/C13H17N3OS/c1-3-8-16-9-11(14-15-16)10-18-13-6-4-12(17-2)5-7-13/h4-7,9H,3,8,10H2,1-2H3. The van der Waals surface area contributed by atoms with Crippen LogP contribution >= 0.6 is 11.8 Å². The first kappa shape index (κ1) is 13.0. The van der Waals surface area contributed by atoms with Crippen molar-refractivity contribution in [1.82, 2.24) is 15.0 Å². The predicted molar refractivity (Wildman–Crippen MR) is 72.9 cm³/mol. The molecule has 5 heteroatoms. The summed E-state index contributed by atoms with van der Waals surface area (Å²) in [7, 11) is 1.67. The van der Waals surface area contributed by atoms with E-state index in [0.717, 1.165) is 30.2 Å². The number of aryl methyl sites for hydroxylation is 1. The van der Waals surface area contributed by atoms with Gasteiger partial charge in [0.15, 0.2) is 0 Å². The van der Waals surface area contributed by atoms with Gasteiger partial charge in [-0.2, -0.15) is 0 Å². The summed E-state index contributed by atoms with van der Waals surface area (Å²) in [5.41, 5.74) is 1.02. The second-order valence-corrected chi connectivity index (χ2v) is 4.99. The van der Waals surface area contributed by atoms with E-state index in [-0.39, 0.29) is 0 Å². The molecule has 0 unspecified atom stereocenters. The molecule has 0 aliphatic carbocycles. The molecule has 0 saturated carbocycles. The van der Waals surface area contributed by atoms with E-state index in [1.807, 2.05) is 23.0 Å². The van der Waals surface area contributed by atoms with Crippen molar-refractivity contribution in [2.45, 2.75) is 30.5 Å². The summed E-state index contributed by atoms with van der Waals surface area (Å²) in [4.78, 5) is 1.21. The van der Waals surface area contributed by atoms with Crippen molar-refractivity contribution in [3.05, 3.63) is 36.2 Å². The van der Waals surface area contributed by atoms with Crippen LogP contribution in [0.5, 0.6) is 5.75 Å². The molecular formula is C13H17N3OS. The molecule has 0 N–H and O–H groups in total. The van der Waals surface area contributed by atoms with Crippen molar-refractivity contribution in [1.29, 1.82) is 0 Å².